The van der Waals surface area contributed by atoms with Crippen molar-refractivity contribution in [2.24, 2.45) is 22.7 Å². The van der Waals surface area contributed by atoms with Crippen molar-refractivity contribution in [3.8, 4) is 0 Å². The van der Waals surface area contributed by atoms with E-state index >= 15 is 0 Å². The monoisotopic (exact) mass is 492 g/mol. The number of fused-ring (bicyclic) bond motifs is 3. The highest BCUT2D eigenvalue weighted by Gasteiger charge is 2.63. The number of rotatable bonds is 5. The number of cyclic esters (lactones) is 1. The minimum atomic E-state index is -1.57. The predicted octanol–water partition coefficient (Wildman–Crippen LogP) is 0.632. The predicted molar refractivity (Wildman–Crippen MR) is 117 cm³/mol. The standard InChI is InChI=1S/C25H32O10/c1-24-9-15(13-6-8-32-11-13)34-22(31)14(24)5-7-25(17(24)3-2-4-18(25)27)12-33-23-21(30)20(29)19(28)16(10-26)35-23/h2,4,6,8,11,14-17,19-21,23,26,28-30H,3,5,7,9-10,12H2,1H3. The zero-order valence-corrected chi connectivity index (χ0v) is 19.5. The molecule has 0 radical (unpaired) electrons. The van der Waals surface area contributed by atoms with Crippen molar-refractivity contribution >= 4 is 11.8 Å². The molecule has 1 saturated carbocycles. The van der Waals surface area contributed by atoms with Crippen LogP contribution in [-0.2, 0) is 23.8 Å². The van der Waals surface area contributed by atoms with Gasteiger partial charge in [-0.05, 0) is 49.2 Å². The van der Waals surface area contributed by atoms with Crippen LogP contribution in [0, 0.1) is 22.7 Å². The number of carbonyl (C=O) groups excluding carboxylic acids is 2. The van der Waals surface area contributed by atoms with Crippen LogP contribution in [0.2, 0.25) is 0 Å². The first-order valence-electron chi connectivity index (χ1n) is 12.1. The minimum absolute atomic E-state index is 0.0999. The first-order valence-corrected chi connectivity index (χ1v) is 12.1. The fourth-order valence-corrected chi connectivity index (χ4v) is 6.71. The van der Waals surface area contributed by atoms with E-state index in [0.29, 0.717) is 25.7 Å². The lowest BCUT2D eigenvalue weighted by Gasteiger charge is -2.58. The third-order valence-electron chi connectivity index (χ3n) is 8.71. The normalized spacial score (nSPS) is 45.5. The lowest BCUT2D eigenvalue weighted by atomic mass is 9.46. The summed E-state index contributed by atoms with van der Waals surface area (Å²) in [5.74, 6) is -0.999. The van der Waals surface area contributed by atoms with Crippen molar-refractivity contribution in [2.75, 3.05) is 13.2 Å². The first kappa shape index (κ1) is 24.6. The van der Waals surface area contributed by atoms with E-state index in [9.17, 15) is 30.0 Å². The molecule has 2 aliphatic carbocycles. The number of furan rings is 1. The molecule has 1 aromatic rings. The molecule has 10 heteroatoms. The van der Waals surface area contributed by atoms with Crippen molar-refractivity contribution < 1.29 is 48.6 Å². The zero-order chi connectivity index (χ0) is 25.0. The van der Waals surface area contributed by atoms with E-state index in [-0.39, 0.29) is 30.2 Å². The second-order valence-corrected chi connectivity index (χ2v) is 10.5. The van der Waals surface area contributed by atoms with Crippen LogP contribution in [0.3, 0.4) is 0 Å². The van der Waals surface area contributed by atoms with E-state index < -0.39 is 54.2 Å². The molecular formula is C25H32O10. The fraction of sp³-hybridized carbons (Fsp3) is 0.680. The summed E-state index contributed by atoms with van der Waals surface area (Å²) in [5, 5.41) is 40.1. The zero-order valence-electron chi connectivity index (χ0n) is 19.5. The fourth-order valence-electron chi connectivity index (χ4n) is 6.71. The van der Waals surface area contributed by atoms with Gasteiger partial charge in [-0.2, -0.15) is 0 Å². The molecule has 2 aliphatic heterocycles. The summed E-state index contributed by atoms with van der Waals surface area (Å²) < 4.78 is 22.4. The maximum atomic E-state index is 13.4. The Labute approximate surface area is 202 Å². The molecule has 0 bridgehead atoms. The summed E-state index contributed by atoms with van der Waals surface area (Å²) in [4.78, 5) is 26.5. The SMILES string of the molecule is CC12CC(c3ccoc3)OC(=O)C1CCC1(COC3OC(CO)C(O)C(O)C3O)C(=O)C=CCC12. The summed E-state index contributed by atoms with van der Waals surface area (Å²) in [6.45, 7) is 1.36. The van der Waals surface area contributed by atoms with Crippen molar-refractivity contribution in [1.29, 1.82) is 0 Å². The summed E-state index contributed by atoms with van der Waals surface area (Å²) in [6, 6.07) is 1.77. The Morgan fingerprint density at radius 2 is 1.97 bits per heavy atom. The Hall–Kier alpha value is -2.08. The maximum absolute atomic E-state index is 13.4. The average molecular weight is 493 g/mol. The van der Waals surface area contributed by atoms with Crippen LogP contribution in [0.15, 0.2) is 35.2 Å². The maximum Gasteiger partial charge on any atom is 0.310 e. The van der Waals surface area contributed by atoms with E-state index in [2.05, 4.69) is 0 Å². The lowest BCUT2D eigenvalue weighted by Crippen LogP contribution is -2.62. The quantitative estimate of drug-likeness (QED) is 0.430. The van der Waals surface area contributed by atoms with Gasteiger partial charge in [0.05, 0.1) is 37.1 Å². The molecule has 4 N–H and O–H groups in total. The molecule has 0 spiro atoms. The Kier molecular flexibility index (Phi) is 6.40. The Morgan fingerprint density at radius 1 is 1.17 bits per heavy atom. The van der Waals surface area contributed by atoms with Gasteiger partial charge in [0.1, 0.15) is 30.5 Å². The Morgan fingerprint density at radius 3 is 2.69 bits per heavy atom. The van der Waals surface area contributed by atoms with E-state index in [1.54, 1.807) is 18.4 Å². The number of hydrogen-bond donors (Lipinski definition) is 4. The summed E-state index contributed by atoms with van der Waals surface area (Å²) in [5.41, 5.74) is -0.754. The number of hydrogen-bond acceptors (Lipinski definition) is 10. The molecule has 0 amide bonds. The van der Waals surface area contributed by atoms with Gasteiger partial charge in [-0.3, -0.25) is 9.59 Å². The number of carbonyl (C=O) groups is 2. The number of aliphatic hydroxyl groups excluding tert-OH is 4. The van der Waals surface area contributed by atoms with Gasteiger partial charge in [0.25, 0.3) is 0 Å². The number of allylic oxidation sites excluding steroid dienone is 2. The molecule has 0 aromatic carbocycles. The Balaban J connectivity index is 1.42. The smallest absolute Gasteiger partial charge is 0.310 e. The summed E-state index contributed by atoms with van der Waals surface area (Å²) in [7, 11) is 0. The van der Waals surface area contributed by atoms with Gasteiger partial charge < -0.3 is 39.1 Å². The molecule has 35 heavy (non-hydrogen) atoms. The number of ether oxygens (including phenoxy) is 3. The van der Waals surface area contributed by atoms with Gasteiger partial charge in [0, 0.05) is 5.56 Å². The summed E-state index contributed by atoms with van der Waals surface area (Å²) in [6.07, 6.45) is 0.862. The molecule has 10 nitrogen and oxygen atoms in total. The molecule has 10 unspecified atom stereocenters. The molecule has 10 atom stereocenters. The first-order chi connectivity index (χ1) is 16.7. The van der Waals surface area contributed by atoms with Gasteiger partial charge in [0.2, 0.25) is 0 Å². The third-order valence-corrected chi connectivity index (χ3v) is 8.71. The molecule has 192 valence electrons. The van der Waals surface area contributed by atoms with Gasteiger partial charge in [-0.15, -0.1) is 0 Å². The topological polar surface area (TPSA) is 156 Å². The average Bonchev–Trinajstić information content (AvgIpc) is 3.38. The Bertz CT molecular complexity index is 973. The second-order valence-electron chi connectivity index (χ2n) is 10.5. The third kappa shape index (κ3) is 3.87. The van der Waals surface area contributed by atoms with Gasteiger partial charge in [-0.1, -0.05) is 13.0 Å². The highest BCUT2D eigenvalue weighted by Crippen LogP contribution is 2.63. The molecule has 2 saturated heterocycles. The van der Waals surface area contributed by atoms with Crippen LogP contribution < -0.4 is 0 Å². The number of aliphatic hydroxyl groups is 4. The largest absolute Gasteiger partial charge is 0.472 e. The van der Waals surface area contributed by atoms with Crippen LogP contribution in [0.5, 0.6) is 0 Å². The molecule has 1 aromatic heterocycles. The van der Waals surface area contributed by atoms with Gasteiger partial charge >= 0.3 is 5.97 Å². The van der Waals surface area contributed by atoms with Crippen LogP contribution >= 0.6 is 0 Å². The summed E-state index contributed by atoms with van der Waals surface area (Å²) >= 11 is 0. The van der Waals surface area contributed by atoms with Crippen molar-refractivity contribution in [1.82, 2.24) is 0 Å². The second kappa shape index (κ2) is 9.10. The van der Waals surface area contributed by atoms with E-state index in [4.69, 9.17) is 18.6 Å². The van der Waals surface area contributed by atoms with E-state index in [1.807, 2.05) is 13.0 Å². The van der Waals surface area contributed by atoms with E-state index in [0.717, 1.165) is 5.56 Å². The molecule has 5 rings (SSSR count). The highest BCUT2D eigenvalue weighted by atomic mass is 16.7. The molecule has 4 aliphatic rings. The van der Waals surface area contributed by atoms with Gasteiger partial charge in [-0.25, -0.2) is 0 Å². The van der Waals surface area contributed by atoms with Crippen molar-refractivity contribution in [3.05, 3.63) is 36.3 Å². The molecular weight excluding hydrogens is 460 g/mol. The highest BCUT2D eigenvalue weighted by molar-refractivity contribution is 5.96. The van der Waals surface area contributed by atoms with Crippen molar-refractivity contribution in [3.63, 3.8) is 0 Å². The van der Waals surface area contributed by atoms with Crippen LogP contribution in [0.4, 0.5) is 0 Å². The molecule has 3 fully saturated rings. The van der Waals surface area contributed by atoms with Crippen molar-refractivity contribution in [2.45, 2.75) is 69.4 Å². The number of esters is 1. The van der Waals surface area contributed by atoms with Crippen LogP contribution in [0.25, 0.3) is 0 Å². The lowest BCUT2D eigenvalue weighted by molar-refractivity contribution is -0.309. The molecule has 3 heterocycles. The van der Waals surface area contributed by atoms with E-state index in [1.165, 1.54) is 6.26 Å². The van der Waals surface area contributed by atoms with Crippen LogP contribution in [0.1, 0.15) is 44.3 Å². The van der Waals surface area contributed by atoms with Gasteiger partial charge in [0.15, 0.2) is 12.1 Å². The minimum Gasteiger partial charge on any atom is -0.472 e. The number of ketones is 1. The van der Waals surface area contributed by atoms with Crippen LogP contribution in [-0.4, -0.2) is 76.1 Å².